The van der Waals surface area contributed by atoms with Gasteiger partial charge in [0.05, 0.1) is 0 Å². The molecule has 2 aliphatic rings. The van der Waals surface area contributed by atoms with Crippen molar-refractivity contribution in [1.29, 1.82) is 0 Å². The molecule has 1 N–H and O–H groups in total. The number of hydrogen-bond acceptors (Lipinski definition) is 2. The van der Waals surface area contributed by atoms with Gasteiger partial charge >= 0.3 is 0 Å². The molecule has 18 heavy (non-hydrogen) atoms. The molecule has 0 aliphatic carbocycles. The summed E-state index contributed by atoms with van der Waals surface area (Å²) >= 11 is 0. The summed E-state index contributed by atoms with van der Waals surface area (Å²) in [6.07, 6.45) is 5.29. The first-order valence-corrected chi connectivity index (χ1v) is 7.42. The van der Waals surface area contributed by atoms with E-state index >= 15 is 0 Å². The molecule has 2 heteroatoms. The lowest BCUT2D eigenvalue weighted by atomic mass is 10.00. The van der Waals surface area contributed by atoms with Crippen molar-refractivity contribution in [2.24, 2.45) is 0 Å². The number of nitrogens with zero attached hydrogens (tertiary/aromatic N) is 1. The zero-order valence-electron chi connectivity index (χ0n) is 11.3. The first-order chi connectivity index (χ1) is 8.86. The van der Waals surface area contributed by atoms with Gasteiger partial charge in [-0.15, -0.1) is 0 Å². The third-order valence-corrected chi connectivity index (χ3v) is 4.57. The van der Waals surface area contributed by atoms with Crippen molar-refractivity contribution < 1.29 is 0 Å². The zero-order chi connectivity index (χ0) is 12.4. The van der Waals surface area contributed by atoms with Crippen LogP contribution in [0.3, 0.4) is 0 Å². The number of nitrogens with one attached hydrogen (secondary N) is 1. The van der Waals surface area contributed by atoms with Gasteiger partial charge in [0, 0.05) is 31.2 Å². The lowest BCUT2D eigenvalue weighted by molar-refractivity contribution is 0.182. The van der Waals surface area contributed by atoms with Gasteiger partial charge in [-0.2, -0.15) is 0 Å². The van der Waals surface area contributed by atoms with Gasteiger partial charge in [0.15, 0.2) is 0 Å². The Hall–Kier alpha value is -0.860. The first kappa shape index (κ1) is 12.2. The lowest BCUT2D eigenvalue weighted by Gasteiger charge is -2.32. The number of rotatable bonds is 3. The van der Waals surface area contributed by atoms with Crippen LogP contribution < -0.4 is 5.32 Å². The maximum Gasteiger partial charge on any atom is 0.0346 e. The maximum absolute atomic E-state index is 3.77. The highest BCUT2D eigenvalue weighted by Crippen LogP contribution is 2.29. The van der Waals surface area contributed by atoms with Crippen LogP contribution in [0.25, 0.3) is 0 Å². The molecule has 2 fully saturated rings. The van der Waals surface area contributed by atoms with Crippen molar-refractivity contribution in [2.75, 3.05) is 13.1 Å². The topological polar surface area (TPSA) is 15.3 Å². The Balaban J connectivity index is 1.75. The molecule has 3 rings (SSSR count). The smallest absolute Gasteiger partial charge is 0.0346 e. The summed E-state index contributed by atoms with van der Waals surface area (Å²) < 4.78 is 0. The fourth-order valence-electron chi connectivity index (χ4n) is 3.63. The molecule has 2 saturated heterocycles. The molecule has 3 atom stereocenters. The van der Waals surface area contributed by atoms with Gasteiger partial charge in [-0.3, -0.25) is 4.90 Å². The van der Waals surface area contributed by atoms with Crippen molar-refractivity contribution >= 4 is 0 Å². The third-order valence-electron chi connectivity index (χ3n) is 4.57. The second-order valence-corrected chi connectivity index (χ2v) is 5.76. The number of hydrogen-bond donors (Lipinski definition) is 1. The minimum Gasteiger partial charge on any atom is -0.310 e. The van der Waals surface area contributed by atoms with Crippen molar-refractivity contribution in [1.82, 2.24) is 10.2 Å². The van der Waals surface area contributed by atoms with Gasteiger partial charge in [-0.05, 0) is 31.2 Å². The Morgan fingerprint density at radius 1 is 1.17 bits per heavy atom. The monoisotopic (exact) mass is 244 g/mol. The minimum atomic E-state index is 0.604. The predicted molar refractivity (Wildman–Crippen MR) is 75.6 cm³/mol. The van der Waals surface area contributed by atoms with Crippen molar-refractivity contribution in [3.63, 3.8) is 0 Å². The summed E-state index contributed by atoms with van der Waals surface area (Å²) in [5.41, 5.74) is 1.48. The minimum absolute atomic E-state index is 0.604. The highest BCUT2D eigenvalue weighted by Gasteiger charge is 2.31. The van der Waals surface area contributed by atoms with Crippen LogP contribution in [0, 0.1) is 0 Å². The third kappa shape index (κ3) is 2.45. The van der Waals surface area contributed by atoms with E-state index in [0.29, 0.717) is 6.04 Å². The van der Waals surface area contributed by atoms with Gasteiger partial charge in [0.1, 0.15) is 0 Å². The predicted octanol–water partition coefficient (Wildman–Crippen LogP) is 2.96. The molecule has 1 aromatic rings. The highest BCUT2D eigenvalue weighted by atomic mass is 15.2. The molecule has 98 valence electrons. The summed E-state index contributed by atoms with van der Waals surface area (Å²) in [4.78, 5) is 2.70. The van der Waals surface area contributed by atoms with Crippen LogP contribution in [0.1, 0.15) is 44.2 Å². The standard InChI is InChI=1S/C16H24N2/c1-2-16(13-6-4-3-5-7-13)18-11-10-14-8-9-15(12-18)17-14/h3-7,14-17H,2,8-12H2,1H3. The van der Waals surface area contributed by atoms with Crippen LogP contribution in [0.5, 0.6) is 0 Å². The first-order valence-electron chi connectivity index (χ1n) is 7.42. The van der Waals surface area contributed by atoms with Crippen LogP contribution in [0.15, 0.2) is 30.3 Å². The Kier molecular flexibility index (Phi) is 3.67. The summed E-state index contributed by atoms with van der Waals surface area (Å²) in [6.45, 7) is 4.79. The van der Waals surface area contributed by atoms with Crippen LogP contribution in [0.2, 0.25) is 0 Å². The van der Waals surface area contributed by atoms with E-state index in [0.717, 1.165) is 12.1 Å². The lowest BCUT2D eigenvalue weighted by Crippen LogP contribution is -2.37. The van der Waals surface area contributed by atoms with Crippen molar-refractivity contribution in [2.45, 2.75) is 50.7 Å². The van der Waals surface area contributed by atoms with E-state index in [4.69, 9.17) is 0 Å². The van der Waals surface area contributed by atoms with E-state index in [1.54, 1.807) is 0 Å². The summed E-state index contributed by atoms with van der Waals surface area (Å²) in [5.74, 6) is 0. The molecule has 0 saturated carbocycles. The van der Waals surface area contributed by atoms with Gasteiger partial charge in [0.25, 0.3) is 0 Å². The average molecular weight is 244 g/mol. The molecule has 0 amide bonds. The van der Waals surface area contributed by atoms with E-state index in [-0.39, 0.29) is 0 Å². The Bertz CT molecular complexity index is 376. The molecule has 2 bridgehead atoms. The maximum atomic E-state index is 3.77. The molecule has 0 aromatic heterocycles. The van der Waals surface area contributed by atoms with E-state index in [9.17, 15) is 0 Å². The van der Waals surface area contributed by atoms with Crippen molar-refractivity contribution in [3.05, 3.63) is 35.9 Å². The van der Waals surface area contributed by atoms with Crippen LogP contribution in [0.4, 0.5) is 0 Å². The molecule has 0 radical (unpaired) electrons. The molecular formula is C16H24N2. The summed E-state index contributed by atoms with van der Waals surface area (Å²) in [6, 6.07) is 13.1. The average Bonchev–Trinajstić information content (AvgIpc) is 2.74. The van der Waals surface area contributed by atoms with Crippen LogP contribution in [-0.4, -0.2) is 30.1 Å². The molecule has 2 aliphatic heterocycles. The van der Waals surface area contributed by atoms with Crippen molar-refractivity contribution in [3.8, 4) is 0 Å². The SMILES string of the molecule is CCC(c1ccccc1)N1CCC2CCC(C1)N2. The molecule has 1 aromatic carbocycles. The second kappa shape index (κ2) is 5.41. The molecule has 2 nitrogen and oxygen atoms in total. The molecule has 3 unspecified atom stereocenters. The van der Waals surface area contributed by atoms with Crippen LogP contribution in [-0.2, 0) is 0 Å². The van der Waals surface area contributed by atoms with Gasteiger partial charge < -0.3 is 5.32 Å². The number of benzene rings is 1. The number of likely N-dealkylation sites (tertiary alicyclic amines) is 1. The van der Waals surface area contributed by atoms with E-state index < -0.39 is 0 Å². The Labute approximate surface area is 110 Å². The fourth-order valence-corrected chi connectivity index (χ4v) is 3.63. The summed E-state index contributed by atoms with van der Waals surface area (Å²) in [7, 11) is 0. The normalized spacial score (nSPS) is 30.1. The van der Waals surface area contributed by atoms with Gasteiger partial charge in [-0.1, -0.05) is 37.3 Å². The summed E-state index contributed by atoms with van der Waals surface area (Å²) in [5, 5.41) is 3.77. The molecular weight excluding hydrogens is 220 g/mol. The quantitative estimate of drug-likeness (QED) is 0.879. The molecule has 2 heterocycles. The van der Waals surface area contributed by atoms with E-state index in [2.05, 4.69) is 47.5 Å². The van der Waals surface area contributed by atoms with E-state index in [1.165, 1.54) is 44.3 Å². The Morgan fingerprint density at radius 2 is 1.94 bits per heavy atom. The van der Waals surface area contributed by atoms with Crippen LogP contribution >= 0.6 is 0 Å². The largest absolute Gasteiger partial charge is 0.310 e. The fraction of sp³-hybridized carbons (Fsp3) is 0.625. The molecule has 0 spiro atoms. The van der Waals surface area contributed by atoms with E-state index in [1.807, 2.05) is 0 Å². The Morgan fingerprint density at radius 3 is 2.72 bits per heavy atom. The highest BCUT2D eigenvalue weighted by molar-refractivity contribution is 5.19. The zero-order valence-corrected chi connectivity index (χ0v) is 11.3. The van der Waals surface area contributed by atoms with Gasteiger partial charge in [0.2, 0.25) is 0 Å². The van der Waals surface area contributed by atoms with Gasteiger partial charge in [-0.25, -0.2) is 0 Å². The number of fused-ring (bicyclic) bond motifs is 2. The second-order valence-electron chi connectivity index (χ2n) is 5.76.